The Labute approximate surface area is 255 Å². The number of rotatable bonds is 12. The van der Waals surface area contributed by atoms with E-state index in [1.165, 1.54) is 51.4 Å². The van der Waals surface area contributed by atoms with Gasteiger partial charge in [-0.3, -0.25) is 14.6 Å². The zero-order valence-electron chi connectivity index (χ0n) is 27.3. The van der Waals surface area contributed by atoms with Crippen LogP contribution in [0.15, 0.2) is 16.6 Å². The molecule has 3 saturated carbocycles. The fourth-order valence-electron chi connectivity index (χ4n) is 10.3. The van der Waals surface area contributed by atoms with Gasteiger partial charge in [-0.05, 0) is 97.7 Å². The second-order valence-corrected chi connectivity index (χ2v) is 15.6. The molecule has 6 nitrogen and oxygen atoms in total. The maximum Gasteiger partial charge on any atom is 0.306 e. The van der Waals surface area contributed by atoms with Gasteiger partial charge in [0, 0.05) is 25.9 Å². The van der Waals surface area contributed by atoms with Crippen LogP contribution >= 0.6 is 0 Å². The van der Waals surface area contributed by atoms with E-state index in [0.29, 0.717) is 12.0 Å². The minimum absolute atomic E-state index is 0.0411. The van der Waals surface area contributed by atoms with Crippen molar-refractivity contribution in [1.29, 1.82) is 0 Å². The molecule has 5 aliphatic rings. The fourth-order valence-corrected chi connectivity index (χ4v) is 10.3. The van der Waals surface area contributed by atoms with Crippen molar-refractivity contribution in [3.63, 3.8) is 0 Å². The zero-order valence-corrected chi connectivity index (χ0v) is 27.3. The van der Waals surface area contributed by atoms with Gasteiger partial charge in [-0.1, -0.05) is 65.5 Å². The molecule has 0 aromatic heterocycles. The van der Waals surface area contributed by atoms with Gasteiger partial charge in [0.15, 0.2) is 0 Å². The first-order valence-corrected chi connectivity index (χ1v) is 17.5. The van der Waals surface area contributed by atoms with E-state index in [1.54, 1.807) is 11.9 Å². The Hall–Kier alpha value is -1.85. The predicted octanol–water partition coefficient (Wildman–Crippen LogP) is 7.23. The summed E-state index contributed by atoms with van der Waals surface area (Å²) >= 11 is 0. The Morgan fingerprint density at radius 1 is 1.07 bits per heavy atom. The monoisotopic (exact) mass is 581 g/mol. The van der Waals surface area contributed by atoms with E-state index in [2.05, 4.69) is 56.3 Å². The van der Waals surface area contributed by atoms with Crippen LogP contribution in [-0.4, -0.2) is 43.5 Å². The molecule has 5 rings (SSSR count). The minimum Gasteiger partial charge on any atom is -0.462 e. The molecule has 9 atom stereocenters. The van der Waals surface area contributed by atoms with E-state index < -0.39 is 0 Å². The van der Waals surface area contributed by atoms with Gasteiger partial charge < -0.3 is 15.4 Å². The van der Waals surface area contributed by atoms with E-state index >= 15 is 0 Å². The van der Waals surface area contributed by atoms with Gasteiger partial charge in [-0.15, -0.1) is 0 Å². The predicted molar refractivity (Wildman–Crippen MR) is 170 cm³/mol. The molecular weight excluding hydrogens is 522 g/mol. The third-order valence-electron chi connectivity index (χ3n) is 12.6. The van der Waals surface area contributed by atoms with Crippen molar-refractivity contribution in [2.24, 2.45) is 51.3 Å². The number of aliphatic imine (C=N–C) groups is 1. The minimum atomic E-state index is -0.231. The summed E-state index contributed by atoms with van der Waals surface area (Å²) in [5.74, 6) is 4.71. The van der Waals surface area contributed by atoms with Crippen LogP contribution in [0, 0.1) is 46.3 Å². The van der Waals surface area contributed by atoms with Crippen LogP contribution < -0.4 is 10.6 Å². The Kier molecular flexibility index (Phi) is 10.1. The molecule has 0 spiro atoms. The molecular formula is C36H59N3O3. The average molecular weight is 582 g/mol. The Bertz CT molecular complexity index is 1020. The first-order valence-electron chi connectivity index (χ1n) is 17.5. The summed E-state index contributed by atoms with van der Waals surface area (Å²) in [6.45, 7) is 13.9. The molecule has 2 N–H and O–H groups in total. The van der Waals surface area contributed by atoms with Crippen LogP contribution in [0.3, 0.4) is 0 Å². The lowest BCUT2D eigenvalue weighted by atomic mass is 9.47. The molecule has 0 aromatic rings. The normalized spacial score (nSPS) is 37.7. The van der Waals surface area contributed by atoms with Crippen molar-refractivity contribution >= 4 is 18.2 Å². The largest absolute Gasteiger partial charge is 0.462 e. The molecule has 0 radical (unpaired) electrons. The van der Waals surface area contributed by atoms with Gasteiger partial charge in [-0.2, -0.15) is 0 Å². The second-order valence-electron chi connectivity index (χ2n) is 15.6. The summed E-state index contributed by atoms with van der Waals surface area (Å²) in [7, 11) is 0. The number of nitrogens with one attached hydrogen (secondary N) is 2. The molecule has 1 amide bonds. The van der Waals surface area contributed by atoms with Gasteiger partial charge in [0.2, 0.25) is 5.91 Å². The molecule has 0 bridgehead atoms. The third-order valence-corrected chi connectivity index (χ3v) is 12.6. The molecule has 1 aliphatic heterocycles. The molecule has 6 heteroatoms. The van der Waals surface area contributed by atoms with Crippen molar-refractivity contribution < 1.29 is 14.3 Å². The first-order chi connectivity index (χ1) is 20.1. The van der Waals surface area contributed by atoms with Crippen molar-refractivity contribution in [2.45, 2.75) is 137 Å². The molecule has 9 unspecified atom stereocenters. The van der Waals surface area contributed by atoms with Crippen LogP contribution in [0.2, 0.25) is 0 Å². The molecule has 4 aliphatic carbocycles. The highest BCUT2D eigenvalue weighted by Gasteiger charge is 2.59. The number of amides is 1. The summed E-state index contributed by atoms with van der Waals surface area (Å²) in [4.78, 5) is 29.2. The number of carbonyl (C=O) groups is 2. The van der Waals surface area contributed by atoms with Gasteiger partial charge in [-0.25, -0.2) is 0 Å². The number of fused-ring (bicyclic) bond motifs is 5. The number of nitrogens with zero attached hydrogens (tertiary/aromatic N) is 1. The van der Waals surface area contributed by atoms with E-state index in [1.807, 2.05) is 0 Å². The number of carbonyl (C=O) groups excluding carboxylic acids is 2. The van der Waals surface area contributed by atoms with E-state index in [9.17, 15) is 9.59 Å². The smallest absolute Gasteiger partial charge is 0.306 e. The Morgan fingerprint density at radius 2 is 1.90 bits per heavy atom. The molecule has 236 valence electrons. The lowest BCUT2D eigenvalue weighted by Gasteiger charge is -2.58. The zero-order chi connectivity index (χ0) is 29.9. The van der Waals surface area contributed by atoms with Gasteiger partial charge in [0.05, 0.1) is 18.8 Å². The summed E-state index contributed by atoms with van der Waals surface area (Å²) in [6.07, 6.45) is 19.4. The first kappa shape index (κ1) is 31.6. The van der Waals surface area contributed by atoms with Gasteiger partial charge in [0.1, 0.15) is 6.10 Å². The Morgan fingerprint density at radius 3 is 2.67 bits per heavy atom. The molecule has 1 heterocycles. The summed E-state index contributed by atoms with van der Waals surface area (Å²) < 4.78 is 5.94. The van der Waals surface area contributed by atoms with Crippen LogP contribution in [0.4, 0.5) is 0 Å². The van der Waals surface area contributed by atoms with Crippen molar-refractivity contribution in [2.75, 3.05) is 13.1 Å². The van der Waals surface area contributed by atoms with Crippen molar-refractivity contribution in [3.8, 4) is 0 Å². The topological polar surface area (TPSA) is 79.8 Å². The highest BCUT2D eigenvalue weighted by molar-refractivity contribution is 5.81. The highest BCUT2D eigenvalue weighted by Crippen LogP contribution is 2.67. The lowest BCUT2D eigenvalue weighted by Crippen LogP contribution is -2.51. The number of allylic oxidation sites excluding steroid dienone is 1. The summed E-state index contributed by atoms with van der Waals surface area (Å²) in [5.41, 5.74) is 2.32. The van der Waals surface area contributed by atoms with Crippen LogP contribution in [0.5, 0.6) is 0 Å². The summed E-state index contributed by atoms with van der Waals surface area (Å²) in [6, 6.07) is 0.234. The van der Waals surface area contributed by atoms with E-state index in [-0.39, 0.29) is 42.3 Å². The average Bonchev–Trinajstić information content (AvgIpc) is 3.59. The molecule has 0 aromatic carbocycles. The number of ether oxygens (including phenoxy) is 1. The molecule has 0 saturated heterocycles. The lowest BCUT2D eigenvalue weighted by molar-refractivity contribution is -0.152. The maximum absolute atomic E-state index is 12.7. The number of hydrogen-bond donors (Lipinski definition) is 2. The third kappa shape index (κ3) is 6.78. The van der Waals surface area contributed by atoms with Crippen LogP contribution in [0.1, 0.15) is 125 Å². The number of esters is 1. The quantitative estimate of drug-likeness (QED) is 0.188. The van der Waals surface area contributed by atoms with Crippen molar-refractivity contribution in [1.82, 2.24) is 10.6 Å². The Balaban J connectivity index is 1.10. The van der Waals surface area contributed by atoms with Crippen molar-refractivity contribution in [3.05, 3.63) is 11.6 Å². The molecule has 3 fully saturated rings. The van der Waals surface area contributed by atoms with Crippen LogP contribution in [-0.2, 0) is 14.3 Å². The fraction of sp³-hybridized carbons (Fsp3) is 0.861. The second kappa shape index (κ2) is 13.4. The van der Waals surface area contributed by atoms with E-state index in [4.69, 9.17) is 4.74 Å². The SMILES string of the molecule is CC(C)CCCC(C)C1CCC2C3CC=C4CC(OC(=O)CCC(=O)NCCC5CNC=N5)CCC4(C)C3CCC12C. The summed E-state index contributed by atoms with van der Waals surface area (Å²) in [5, 5.41) is 6.00. The highest BCUT2D eigenvalue weighted by atomic mass is 16.5. The van der Waals surface area contributed by atoms with Gasteiger partial charge in [0.25, 0.3) is 0 Å². The van der Waals surface area contributed by atoms with Crippen LogP contribution in [0.25, 0.3) is 0 Å². The van der Waals surface area contributed by atoms with Gasteiger partial charge >= 0.3 is 5.97 Å². The number of hydrogen-bond acceptors (Lipinski definition) is 5. The maximum atomic E-state index is 12.7. The standard InChI is InChI=1S/C36H59N3O3/c1-24(2)7-6-8-25(3)30-11-12-31-29-10-9-26-21-28(15-18-35(26,4)32(29)16-19-36(30,31)5)42-34(41)14-13-33(40)38-20-17-27-22-37-23-39-27/h9,23-25,27-32H,6-8,10-22H2,1-5H3,(H,37,39)(H,38,40). The van der Waals surface area contributed by atoms with E-state index in [0.717, 1.165) is 67.7 Å². The molecule has 42 heavy (non-hydrogen) atoms.